The molecule has 0 spiro atoms. The van der Waals surface area contributed by atoms with E-state index in [1.165, 1.54) is 0 Å². The minimum atomic E-state index is -4.24. The molecule has 0 aliphatic heterocycles. The Morgan fingerprint density at radius 1 is 1.44 bits per heavy atom. The third-order valence-electron chi connectivity index (χ3n) is 2.43. The van der Waals surface area contributed by atoms with Crippen LogP contribution in [-0.4, -0.2) is 30.3 Å². The van der Waals surface area contributed by atoms with Crippen LogP contribution in [0, 0.1) is 5.41 Å². The lowest BCUT2D eigenvalue weighted by atomic mass is 9.87. The van der Waals surface area contributed by atoms with Crippen molar-refractivity contribution in [3.05, 3.63) is 0 Å². The van der Waals surface area contributed by atoms with Crippen molar-refractivity contribution < 1.29 is 18.0 Å². The number of carbonyl (C=O) groups is 1. The van der Waals surface area contributed by atoms with Gasteiger partial charge >= 0.3 is 5.51 Å². The zero-order valence-corrected chi connectivity index (χ0v) is 10.2. The van der Waals surface area contributed by atoms with Crippen molar-refractivity contribution in [2.24, 2.45) is 11.1 Å². The van der Waals surface area contributed by atoms with Crippen LogP contribution < -0.4 is 11.1 Å². The average molecular weight is 258 g/mol. The fourth-order valence-corrected chi connectivity index (χ4v) is 1.38. The number of thioether (sulfide) groups is 1. The summed E-state index contributed by atoms with van der Waals surface area (Å²) in [5, 5.41) is 2.46. The van der Waals surface area contributed by atoms with Crippen LogP contribution >= 0.6 is 11.8 Å². The van der Waals surface area contributed by atoms with E-state index in [1.807, 2.05) is 6.92 Å². The molecule has 96 valence electrons. The highest BCUT2D eigenvalue weighted by molar-refractivity contribution is 8.00. The smallest absolute Gasteiger partial charge is 0.355 e. The van der Waals surface area contributed by atoms with Gasteiger partial charge in [-0.15, -0.1) is 0 Å². The molecule has 0 saturated carbocycles. The zero-order valence-electron chi connectivity index (χ0n) is 9.36. The van der Waals surface area contributed by atoms with Crippen molar-refractivity contribution >= 4 is 17.7 Å². The molecule has 0 heterocycles. The maximum absolute atomic E-state index is 11.8. The number of rotatable bonds is 6. The molecule has 1 amide bonds. The summed E-state index contributed by atoms with van der Waals surface area (Å²) in [6.07, 6.45) is 0.557. The first-order valence-corrected chi connectivity index (χ1v) is 5.93. The van der Waals surface area contributed by atoms with Crippen molar-refractivity contribution in [2.45, 2.75) is 25.8 Å². The van der Waals surface area contributed by atoms with E-state index in [0.717, 1.165) is 0 Å². The molecule has 0 fully saturated rings. The lowest BCUT2D eigenvalue weighted by Crippen LogP contribution is -2.44. The van der Waals surface area contributed by atoms with Crippen molar-refractivity contribution in [3.63, 3.8) is 0 Å². The number of amides is 1. The van der Waals surface area contributed by atoms with Crippen LogP contribution in [0.2, 0.25) is 0 Å². The van der Waals surface area contributed by atoms with Gasteiger partial charge in [-0.05, 0) is 25.1 Å². The van der Waals surface area contributed by atoms with Gasteiger partial charge in [-0.2, -0.15) is 13.2 Å². The van der Waals surface area contributed by atoms with Crippen molar-refractivity contribution in [3.8, 4) is 0 Å². The number of nitrogens with two attached hydrogens (primary N) is 1. The maximum Gasteiger partial charge on any atom is 0.441 e. The van der Waals surface area contributed by atoms with Crippen molar-refractivity contribution in [1.82, 2.24) is 5.32 Å². The molecule has 0 saturated heterocycles. The Balaban J connectivity index is 3.90. The van der Waals surface area contributed by atoms with Gasteiger partial charge in [-0.3, -0.25) is 4.79 Å². The molecule has 3 nitrogen and oxygen atoms in total. The second kappa shape index (κ2) is 6.34. The lowest BCUT2D eigenvalue weighted by molar-refractivity contribution is -0.129. The van der Waals surface area contributed by atoms with E-state index in [2.05, 4.69) is 5.32 Å². The summed E-state index contributed by atoms with van der Waals surface area (Å²) in [5.41, 5.74) is 0.511. The third kappa shape index (κ3) is 5.60. The lowest BCUT2D eigenvalue weighted by Gasteiger charge is -2.24. The Morgan fingerprint density at radius 3 is 2.38 bits per heavy atom. The molecule has 0 aromatic rings. The van der Waals surface area contributed by atoms with Gasteiger partial charge in [-0.25, -0.2) is 0 Å². The number of hydrogen-bond acceptors (Lipinski definition) is 3. The highest BCUT2D eigenvalue weighted by Crippen LogP contribution is 2.29. The molecule has 0 aliphatic carbocycles. The van der Waals surface area contributed by atoms with Gasteiger partial charge in [0, 0.05) is 18.8 Å². The highest BCUT2D eigenvalue weighted by Gasteiger charge is 2.30. The number of halogens is 3. The van der Waals surface area contributed by atoms with Crippen molar-refractivity contribution in [1.29, 1.82) is 0 Å². The third-order valence-corrected chi connectivity index (χ3v) is 3.17. The van der Waals surface area contributed by atoms with Gasteiger partial charge in [0.05, 0.1) is 5.41 Å². The van der Waals surface area contributed by atoms with Gasteiger partial charge in [0.15, 0.2) is 0 Å². The summed E-state index contributed by atoms with van der Waals surface area (Å²) in [7, 11) is 0. The highest BCUT2D eigenvalue weighted by atomic mass is 32.2. The molecule has 1 atom stereocenters. The van der Waals surface area contributed by atoms with E-state index in [0.29, 0.717) is 6.42 Å². The SMILES string of the molecule is CCC(C)(CN)C(=O)NCCSC(F)(F)F. The monoisotopic (exact) mass is 258 g/mol. The first-order chi connectivity index (χ1) is 7.25. The molecule has 16 heavy (non-hydrogen) atoms. The summed E-state index contributed by atoms with van der Waals surface area (Å²) in [5.74, 6) is -0.472. The number of nitrogens with one attached hydrogen (secondary N) is 1. The normalized spacial score (nSPS) is 15.6. The minimum absolute atomic E-state index is 0.00139. The first kappa shape index (κ1) is 15.6. The standard InChI is InChI=1S/C9H17F3N2OS/c1-3-8(2,6-13)7(15)14-4-5-16-9(10,11)12/h3-6,13H2,1-2H3,(H,14,15). The van der Waals surface area contributed by atoms with Gasteiger partial charge in [0.1, 0.15) is 0 Å². The quantitative estimate of drug-likeness (QED) is 0.713. The van der Waals surface area contributed by atoms with Gasteiger partial charge < -0.3 is 11.1 Å². The largest absolute Gasteiger partial charge is 0.441 e. The van der Waals surface area contributed by atoms with Gasteiger partial charge in [-0.1, -0.05) is 6.92 Å². The Bertz CT molecular complexity index is 229. The van der Waals surface area contributed by atoms with E-state index < -0.39 is 10.9 Å². The molecule has 0 aliphatic rings. The summed E-state index contributed by atoms with van der Waals surface area (Å²) in [4.78, 5) is 11.6. The molecule has 0 bridgehead atoms. The van der Waals surface area contributed by atoms with E-state index >= 15 is 0 Å². The fraction of sp³-hybridized carbons (Fsp3) is 0.889. The van der Waals surface area contributed by atoms with Crippen molar-refractivity contribution in [2.75, 3.05) is 18.8 Å². The molecular weight excluding hydrogens is 241 g/mol. The Hall–Kier alpha value is -0.430. The van der Waals surface area contributed by atoms with Gasteiger partial charge in [0.2, 0.25) is 5.91 Å². The summed E-state index contributed by atoms with van der Waals surface area (Å²) >= 11 is -0.145. The van der Waals surface area contributed by atoms with E-state index in [1.54, 1.807) is 6.92 Å². The molecular formula is C9H17F3N2OS. The predicted octanol–water partition coefficient (Wildman–Crippen LogP) is 1.73. The fourth-order valence-electron chi connectivity index (χ4n) is 0.942. The summed E-state index contributed by atoms with van der Waals surface area (Å²) < 4.78 is 35.3. The molecule has 3 N–H and O–H groups in total. The van der Waals surface area contributed by atoms with Crippen LogP contribution in [0.5, 0.6) is 0 Å². The van der Waals surface area contributed by atoms with Gasteiger partial charge in [0.25, 0.3) is 0 Å². The van der Waals surface area contributed by atoms with E-state index in [4.69, 9.17) is 5.73 Å². The number of hydrogen-bond donors (Lipinski definition) is 2. The summed E-state index contributed by atoms with van der Waals surface area (Å²) in [6, 6.07) is 0. The number of alkyl halides is 3. The van der Waals surface area contributed by atoms with E-state index in [-0.39, 0.29) is 36.5 Å². The van der Waals surface area contributed by atoms with E-state index in [9.17, 15) is 18.0 Å². The van der Waals surface area contributed by atoms with Crippen LogP contribution in [-0.2, 0) is 4.79 Å². The molecule has 7 heteroatoms. The van der Waals surface area contributed by atoms with Crippen LogP contribution in [0.15, 0.2) is 0 Å². The maximum atomic E-state index is 11.8. The molecule has 0 radical (unpaired) electrons. The topological polar surface area (TPSA) is 55.1 Å². The predicted molar refractivity (Wildman–Crippen MR) is 59.0 cm³/mol. The molecule has 1 unspecified atom stereocenters. The minimum Gasteiger partial charge on any atom is -0.355 e. The zero-order chi connectivity index (χ0) is 12.8. The van der Waals surface area contributed by atoms with Crippen LogP contribution in [0.3, 0.4) is 0 Å². The Kier molecular flexibility index (Phi) is 6.17. The average Bonchev–Trinajstić information content (AvgIpc) is 2.21. The molecule has 0 aromatic carbocycles. The second-order valence-electron chi connectivity index (χ2n) is 3.67. The van der Waals surface area contributed by atoms with Crippen LogP contribution in [0.4, 0.5) is 13.2 Å². The van der Waals surface area contributed by atoms with Crippen LogP contribution in [0.25, 0.3) is 0 Å². The molecule has 0 rings (SSSR count). The molecule has 0 aromatic heterocycles. The first-order valence-electron chi connectivity index (χ1n) is 4.94. The Morgan fingerprint density at radius 2 is 2.00 bits per heavy atom. The van der Waals surface area contributed by atoms with Crippen LogP contribution in [0.1, 0.15) is 20.3 Å². The summed E-state index contributed by atoms with van der Waals surface area (Å²) in [6.45, 7) is 3.69. The second-order valence-corrected chi connectivity index (χ2v) is 4.83. The number of carbonyl (C=O) groups excluding carboxylic acids is 1. The Labute approximate surface area is 97.3 Å².